The fourth-order valence-electron chi connectivity index (χ4n) is 1.62. The molecular formula is C11H14O5. The topological polar surface area (TPSA) is 69.7 Å². The van der Waals surface area contributed by atoms with E-state index in [9.17, 15) is 14.4 Å². The van der Waals surface area contributed by atoms with Gasteiger partial charge in [-0.25, -0.2) is 0 Å². The Morgan fingerprint density at radius 3 is 2.69 bits per heavy atom. The van der Waals surface area contributed by atoms with Crippen LogP contribution in [0.1, 0.15) is 20.3 Å². The smallest absolute Gasteiger partial charge is 0.323 e. The highest BCUT2D eigenvalue weighted by molar-refractivity contribution is 6.12. The molecule has 0 spiro atoms. The summed E-state index contributed by atoms with van der Waals surface area (Å²) >= 11 is 0. The molecule has 1 aliphatic rings. The zero-order valence-electron chi connectivity index (χ0n) is 9.48. The number of methoxy groups -OCH3 is 1. The normalized spacial score (nSPS) is 30.3. The highest BCUT2D eigenvalue weighted by Gasteiger charge is 2.53. The molecule has 0 aliphatic carbocycles. The molecule has 16 heavy (non-hydrogen) atoms. The number of carbonyl (C=O) groups is 3. The summed E-state index contributed by atoms with van der Waals surface area (Å²) in [5.41, 5.74) is -1.44. The average molecular weight is 226 g/mol. The van der Waals surface area contributed by atoms with Crippen LogP contribution >= 0.6 is 0 Å². The van der Waals surface area contributed by atoms with Crippen LogP contribution in [0.15, 0.2) is 12.2 Å². The first kappa shape index (κ1) is 12.4. The van der Waals surface area contributed by atoms with Gasteiger partial charge in [0.15, 0.2) is 11.2 Å². The largest absolute Gasteiger partial charge is 0.468 e. The maximum Gasteiger partial charge on any atom is 0.323 e. The molecule has 1 unspecified atom stereocenters. The van der Waals surface area contributed by atoms with Crippen LogP contribution in [-0.2, 0) is 23.9 Å². The molecule has 1 heterocycles. The molecule has 1 saturated heterocycles. The van der Waals surface area contributed by atoms with Crippen LogP contribution in [-0.4, -0.2) is 30.9 Å². The van der Waals surface area contributed by atoms with Crippen molar-refractivity contribution in [2.75, 3.05) is 7.11 Å². The first-order valence-corrected chi connectivity index (χ1v) is 4.90. The van der Waals surface area contributed by atoms with E-state index in [1.54, 1.807) is 13.0 Å². The molecule has 0 radical (unpaired) electrons. The quantitative estimate of drug-likeness (QED) is 0.392. The number of ether oxygens (including phenoxy) is 2. The summed E-state index contributed by atoms with van der Waals surface area (Å²) in [5, 5.41) is 0. The van der Waals surface area contributed by atoms with E-state index in [2.05, 4.69) is 4.74 Å². The molecule has 0 aromatic carbocycles. The first-order valence-electron chi connectivity index (χ1n) is 4.90. The fourth-order valence-corrected chi connectivity index (χ4v) is 1.62. The van der Waals surface area contributed by atoms with E-state index in [0.29, 0.717) is 0 Å². The fraction of sp³-hybridized carbons (Fsp3) is 0.545. The van der Waals surface area contributed by atoms with Gasteiger partial charge < -0.3 is 9.47 Å². The number of Topliss-reactive ketones (excluding diaryl/α,β-unsaturated/α-hetero) is 1. The van der Waals surface area contributed by atoms with E-state index < -0.39 is 29.2 Å². The number of hydrogen-bond acceptors (Lipinski definition) is 5. The maximum atomic E-state index is 11.8. The maximum absolute atomic E-state index is 11.8. The van der Waals surface area contributed by atoms with Crippen LogP contribution in [0, 0.1) is 5.41 Å². The number of cyclic esters (lactones) is 1. The highest BCUT2D eigenvalue weighted by Crippen LogP contribution is 2.33. The summed E-state index contributed by atoms with van der Waals surface area (Å²) < 4.78 is 9.58. The number of rotatable bonds is 2. The van der Waals surface area contributed by atoms with Crippen molar-refractivity contribution in [3.05, 3.63) is 12.2 Å². The van der Waals surface area contributed by atoms with Gasteiger partial charge >= 0.3 is 11.9 Å². The third-order valence-corrected chi connectivity index (χ3v) is 2.69. The summed E-state index contributed by atoms with van der Waals surface area (Å²) in [6.07, 6.45) is 1.85. The SMILES string of the molecule is C/C=C/[C@H]1OC(=O)CC(=O)C1(C)C(=O)OC. The Morgan fingerprint density at radius 1 is 1.56 bits per heavy atom. The molecule has 0 N–H and O–H groups in total. The average Bonchev–Trinajstić information content (AvgIpc) is 2.24. The Balaban J connectivity index is 3.13. The minimum Gasteiger partial charge on any atom is -0.468 e. The van der Waals surface area contributed by atoms with Crippen LogP contribution in [0.3, 0.4) is 0 Å². The third-order valence-electron chi connectivity index (χ3n) is 2.69. The van der Waals surface area contributed by atoms with Gasteiger partial charge in [-0.05, 0) is 19.9 Å². The molecule has 0 aromatic rings. The molecule has 1 aliphatic heterocycles. The number of ketones is 1. The molecule has 5 nitrogen and oxygen atoms in total. The van der Waals surface area contributed by atoms with Crippen molar-refractivity contribution >= 4 is 17.7 Å². The minimum absolute atomic E-state index is 0.389. The Morgan fingerprint density at radius 2 is 2.19 bits per heavy atom. The van der Waals surface area contributed by atoms with Crippen LogP contribution in [0.4, 0.5) is 0 Å². The second-order valence-electron chi connectivity index (χ2n) is 3.73. The lowest BCUT2D eigenvalue weighted by Gasteiger charge is -2.34. The van der Waals surface area contributed by atoms with Crippen molar-refractivity contribution in [2.24, 2.45) is 5.41 Å². The van der Waals surface area contributed by atoms with E-state index in [0.717, 1.165) is 0 Å². The van der Waals surface area contributed by atoms with Gasteiger partial charge in [0.1, 0.15) is 12.5 Å². The summed E-state index contributed by atoms with van der Waals surface area (Å²) in [7, 11) is 1.20. The lowest BCUT2D eigenvalue weighted by molar-refractivity contribution is -0.178. The van der Waals surface area contributed by atoms with Crippen LogP contribution in [0.5, 0.6) is 0 Å². The molecule has 0 amide bonds. The second-order valence-corrected chi connectivity index (χ2v) is 3.73. The summed E-state index contributed by atoms with van der Waals surface area (Å²) in [6, 6.07) is 0. The van der Waals surface area contributed by atoms with Gasteiger partial charge in [-0.15, -0.1) is 0 Å². The van der Waals surface area contributed by atoms with E-state index in [1.807, 2.05) is 0 Å². The Hall–Kier alpha value is -1.65. The predicted octanol–water partition coefficient (Wildman–Crippen LogP) is 0.626. The van der Waals surface area contributed by atoms with Gasteiger partial charge in [0.2, 0.25) is 0 Å². The predicted molar refractivity (Wildman–Crippen MR) is 54.4 cm³/mol. The van der Waals surface area contributed by atoms with Crippen LogP contribution in [0.2, 0.25) is 0 Å². The highest BCUT2D eigenvalue weighted by atomic mass is 16.6. The van der Waals surface area contributed by atoms with E-state index in [-0.39, 0.29) is 6.42 Å². The number of hydrogen-bond donors (Lipinski definition) is 0. The van der Waals surface area contributed by atoms with Crippen molar-refractivity contribution in [1.82, 2.24) is 0 Å². The van der Waals surface area contributed by atoms with E-state index in [1.165, 1.54) is 20.1 Å². The van der Waals surface area contributed by atoms with Gasteiger partial charge in [0.05, 0.1) is 7.11 Å². The Kier molecular flexibility index (Phi) is 3.47. The number of esters is 2. The van der Waals surface area contributed by atoms with Gasteiger partial charge in [0.25, 0.3) is 0 Å². The standard InChI is InChI=1S/C11H14O5/c1-4-5-8-11(2,10(14)15-3)7(12)6-9(13)16-8/h4-5,8H,6H2,1-3H3/b5-4+/t8-,11?/m1/s1. The van der Waals surface area contributed by atoms with Crippen LogP contribution in [0.25, 0.3) is 0 Å². The third kappa shape index (κ3) is 1.85. The van der Waals surface area contributed by atoms with E-state index >= 15 is 0 Å². The minimum atomic E-state index is -1.44. The Bertz CT molecular complexity index is 357. The van der Waals surface area contributed by atoms with Gasteiger partial charge in [-0.3, -0.25) is 14.4 Å². The second kappa shape index (κ2) is 4.47. The monoisotopic (exact) mass is 226 g/mol. The summed E-state index contributed by atoms with van der Waals surface area (Å²) in [5.74, 6) is -1.78. The molecular weight excluding hydrogens is 212 g/mol. The summed E-state index contributed by atoms with van der Waals surface area (Å²) in [6.45, 7) is 3.14. The van der Waals surface area contributed by atoms with Crippen molar-refractivity contribution in [1.29, 1.82) is 0 Å². The van der Waals surface area contributed by atoms with E-state index in [4.69, 9.17) is 4.74 Å². The number of allylic oxidation sites excluding steroid dienone is 1. The van der Waals surface area contributed by atoms with Crippen LogP contribution < -0.4 is 0 Å². The molecule has 0 saturated carbocycles. The lowest BCUT2D eigenvalue weighted by Crippen LogP contribution is -2.52. The van der Waals surface area contributed by atoms with Crippen molar-refractivity contribution in [3.8, 4) is 0 Å². The molecule has 2 atom stereocenters. The number of carbonyl (C=O) groups excluding carboxylic acids is 3. The lowest BCUT2D eigenvalue weighted by atomic mass is 9.76. The van der Waals surface area contributed by atoms with Crippen molar-refractivity contribution in [2.45, 2.75) is 26.4 Å². The molecule has 1 rings (SSSR count). The molecule has 5 heteroatoms. The zero-order chi connectivity index (χ0) is 12.3. The van der Waals surface area contributed by atoms with Gasteiger partial charge in [-0.1, -0.05) is 6.08 Å². The molecule has 1 fully saturated rings. The van der Waals surface area contributed by atoms with Gasteiger partial charge in [0, 0.05) is 0 Å². The zero-order valence-corrected chi connectivity index (χ0v) is 9.48. The summed E-state index contributed by atoms with van der Waals surface area (Å²) in [4.78, 5) is 34.5. The first-order chi connectivity index (χ1) is 7.46. The molecule has 88 valence electrons. The van der Waals surface area contributed by atoms with Crippen molar-refractivity contribution in [3.63, 3.8) is 0 Å². The van der Waals surface area contributed by atoms with Crippen molar-refractivity contribution < 1.29 is 23.9 Å². The van der Waals surface area contributed by atoms with Gasteiger partial charge in [-0.2, -0.15) is 0 Å². The Labute approximate surface area is 93.4 Å². The molecule has 0 bridgehead atoms. The molecule has 0 aromatic heterocycles.